The van der Waals surface area contributed by atoms with Crippen LogP contribution in [0.2, 0.25) is 5.15 Å². The normalized spacial score (nSPS) is 20.6. The van der Waals surface area contributed by atoms with E-state index in [1.165, 1.54) is 12.3 Å². The van der Waals surface area contributed by atoms with Gasteiger partial charge in [0.05, 0.1) is 16.4 Å². The number of carbonyl (C=O) groups excluding carboxylic acids is 1. The molecule has 2 heterocycles. The predicted octanol–water partition coefficient (Wildman–Crippen LogP) is 0.560. The Morgan fingerprint density at radius 3 is 2.80 bits per heavy atom. The summed E-state index contributed by atoms with van der Waals surface area (Å²) in [6.45, 7) is 0. The first-order chi connectivity index (χ1) is 9.30. The minimum Gasteiger partial charge on any atom is -0.348 e. The lowest BCUT2D eigenvalue weighted by Crippen LogP contribution is -2.35. The number of nitro groups is 1. The third kappa shape index (κ3) is 3.05. The summed E-state index contributed by atoms with van der Waals surface area (Å²) in [7, 11) is -3.14. The Morgan fingerprint density at radius 2 is 2.25 bits per heavy atom. The van der Waals surface area contributed by atoms with Gasteiger partial charge in [-0.1, -0.05) is 11.6 Å². The monoisotopic (exact) mass is 319 g/mol. The SMILES string of the molecule is O=C(NC1CCS(=O)(=O)C1)c1ccnc(Cl)c1[N+](=O)[O-]. The van der Waals surface area contributed by atoms with Crippen molar-refractivity contribution >= 4 is 33.0 Å². The number of aromatic nitrogens is 1. The molecule has 1 aromatic rings. The third-order valence-electron chi connectivity index (χ3n) is 2.87. The Hall–Kier alpha value is -1.74. The van der Waals surface area contributed by atoms with E-state index in [1.54, 1.807) is 0 Å². The van der Waals surface area contributed by atoms with E-state index < -0.39 is 32.4 Å². The van der Waals surface area contributed by atoms with Crippen molar-refractivity contribution in [3.05, 3.63) is 33.1 Å². The van der Waals surface area contributed by atoms with E-state index in [9.17, 15) is 23.3 Å². The number of sulfone groups is 1. The maximum atomic E-state index is 12.0. The van der Waals surface area contributed by atoms with Gasteiger partial charge in [-0.3, -0.25) is 14.9 Å². The summed E-state index contributed by atoms with van der Waals surface area (Å²) in [6, 6.07) is 0.627. The summed E-state index contributed by atoms with van der Waals surface area (Å²) in [4.78, 5) is 25.6. The molecule has 1 N–H and O–H groups in total. The van der Waals surface area contributed by atoms with Crippen LogP contribution < -0.4 is 5.32 Å². The highest BCUT2D eigenvalue weighted by atomic mass is 35.5. The molecule has 20 heavy (non-hydrogen) atoms. The molecule has 1 aliphatic heterocycles. The minimum absolute atomic E-state index is 0.00284. The second kappa shape index (κ2) is 5.33. The van der Waals surface area contributed by atoms with Crippen molar-refractivity contribution in [2.45, 2.75) is 12.5 Å². The van der Waals surface area contributed by atoms with Crippen LogP contribution in [-0.4, -0.2) is 41.8 Å². The van der Waals surface area contributed by atoms with Gasteiger partial charge in [0.1, 0.15) is 5.56 Å². The number of halogens is 1. The van der Waals surface area contributed by atoms with E-state index in [0.717, 1.165) is 0 Å². The molecule has 2 rings (SSSR count). The number of rotatable bonds is 3. The molecular weight excluding hydrogens is 310 g/mol. The molecule has 108 valence electrons. The van der Waals surface area contributed by atoms with Crippen molar-refractivity contribution < 1.29 is 18.1 Å². The summed E-state index contributed by atoms with van der Waals surface area (Å²) in [5.74, 6) is -0.897. The van der Waals surface area contributed by atoms with Crippen LogP contribution in [0.25, 0.3) is 0 Å². The number of pyridine rings is 1. The average Bonchev–Trinajstić information content (AvgIpc) is 2.67. The van der Waals surface area contributed by atoms with E-state index in [4.69, 9.17) is 11.6 Å². The molecule has 1 fully saturated rings. The predicted molar refractivity (Wildman–Crippen MR) is 70.4 cm³/mol. The number of amides is 1. The van der Waals surface area contributed by atoms with Crippen molar-refractivity contribution in [1.82, 2.24) is 10.3 Å². The van der Waals surface area contributed by atoms with Gasteiger partial charge in [0.25, 0.3) is 5.91 Å². The number of carbonyl (C=O) groups is 1. The highest BCUT2D eigenvalue weighted by Crippen LogP contribution is 2.26. The molecule has 0 radical (unpaired) electrons. The van der Waals surface area contributed by atoms with Crippen LogP contribution in [0.3, 0.4) is 0 Å². The van der Waals surface area contributed by atoms with Crippen LogP contribution in [0.1, 0.15) is 16.8 Å². The molecule has 10 heteroatoms. The van der Waals surface area contributed by atoms with Gasteiger partial charge in [-0.15, -0.1) is 0 Å². The maximum Gasteiger partial charge on any atom is 0.319 e. The van der Waals surface area contributed by atoms with E-state index in [0.29, 0.717) is 6.42 Å². The molecular formula is C10H10ClN3O5S. The van der Waals surface area contributed by atoms with Crippen molar-refractivity contribution in [3.63, 3.8) is 0 Å². The van der Waals surface area contributed by atoms with Crippen LogP contribution in [0.15, 0.2) is 12.3 Å². The second-order valence-electron chi connectivity index (χ2n) is 4.33. The molecule has 1 aromatic heterocycles. The largest absolute Gasteiger partial charge is 0.348 e. The molecule has 1 atom stereocenters. The molecule has 8 nitrogen and oxygen atoms in total. The fourth-order valence-corrected chi connectivity index (χ4v) is 3.86. The molecule has 1 amide bonds. The minimum atomic E-state index is -3.14. The summed E-state index contributed by atoms with van der Waals surface area (Å²) in [6.07, 6.45) is 1.47. The van der Waals surface area contributed by atoms with Crippen molar-refractivity contribution in [2.75, 3.05) is 11.5 Å². The molecule has 0 saturated carbocycles. The molecule has 0 aromatic carbocycles. The first kappa shape index (κ1) is 14.7. The Balaban J connectivity index is 2.22. The van der Waals surface area contributed by atoms with Crippen molar-refractivity contribution in [3.8, 4) is 0 Å². The highest BCUT2D eigenvalue weighted by molar-refractivity contribution is 7.91. The molecule has 0 bridgehead atoms. The number of nitrogens with zero attached hydrogens (tertiary/aromatic N) is 2. The Bertz CT molecular complexity index is 675. The van der Waals surface area contributed by atoms with Crippen LogP contribution in [0, 0.1) is 10.1 Å². The van der Waals surface area contributed by atoms with Crippen LogP contribution in [-0.2, 0) is 9.84 Å². The van der Waals surface area contributed by atoms with Gasteiger partial charge >= 0.3 is 5.69 Å². The maximum absolute atomic E-state index is 12.0. The fourth-order valence-electron chi connectivity index (χ4n) is 1.96. The van der Waals surface area contributed by atoms with Crippen LogP contribution >= 0.6 is 11.6 Å². The first-order valence-electron chi connectivity index (χ1n) is 5.60. The van der Waals surface area contributed by atoms with Gasteiger partial charge in [-0.05, 0) is 12.5 Å². The van der Waals surface area contributed by atoms with Crippen molar-refractivity contribution in [2.24, 2.45) is 0 Å². The average molecular weight is 320 g/mol. The third-order valence-corrected chi connectivity index (χ3v) is 4.92. The molecule has 1 saturated heterocycles. The zero-order valence-corrected chi connectivity index (χ0v) is 11.6. The zero-order valence-electron chi connectivity index (χ0n) is 10.1. The highest BCUT2D eigenvalue weighted by Gasteiger charge is 2.31. The Morgan fingerprint density at radius 1 is 1.55 bits per heavy atom. The lowest BCUT2D eigenvalue weighted by Gasteiger charge is -2.10. The summed E-state index contributed by atoms with van der Waals surface area (Å²) in [5.41, 5.74) is -0.827. The topological polar surface area (TPSA) is 119 Å². The summed E-state index contributed by atoms with van der Waals surface area (Å²) in [5, 5.41) is 13.0. The van der Waals surface area contributed by atoms with E-state index in [-0.39, 0.29) is 22.2 Å². The Labute approximate surface area is 119 Å². The summed E-state index contributed by atoms with van der Waals surface area (Å²) >= 11 is 5.60. The smallest absolute Gasteiger partial charge is 0.319 e. The van der Waals surface area contributed by atoms with Crippen LogP contribution in [0.5, 0.6) is 0 Å². The van der Waals surface area contributed by atoms with E-state index in [1.807, 2.05) is 0 Å². The van der Waals surface area contributed by atoms with Gasteiger partial charge < -0.3 is 5.32 Å². The summed E-state index contributed by atoms with van der Waals surface area (Å²) < 4.78 is 22.6. The Kier molecular flexibility index (Phi) is 3.91. The second-order valence-corrected chi connectivity index (χ2v) is 6.92. The van der Waals surface area contributed by atoms with Gasteiger partial charge in [0, 0.05) is 12.2 Å². The molecule has 0 aliphatic carbocycles. The van der Waals surface area contributed by atoms with E-state index in [2.05, 4.69) is 10.3 Å². The fraction of sp³-hybridized carbons (Fsp3) is 0.400. The molecule has 1 aliphatic rings. The van der Waals surface area contributed by atoms with Crippen molar-refractivity contribution in [1.29, 1.82) is 0 Å². The van der Waals surface area contributed by atoms with Gasteiger partial charge in [-0.2, -0.15) is 0 Å². The number of nitrogens with one attached hydrogen (secondary N) is 1. The standard InChI is InChI=1S/C10H10ClN3O5S/c11-9-8(14(16)17)7(1-3-12-9)10(15)13-6-2-4-20(18,19)5-6/h1,3,6H,2,4-5H2,(H,13,15). The van der Waals surface area contributed by atoms with Gasteiger partial charge in [0.2, 0.25) is 5.15 Å². The quantitative estimate of drug-likeness (QED) is 0.494. The molecule has 0 spiro atoms. The van der Waals surface area contributed by atoms with E-state index >= 15 is 0 Å². The number of hydrogen-bond donors (Lipinski definition) is 1. The number of hydrogen-bond acceptors (Lipinski definition) is 6. The van der Waals surface area contributed by atoms with Gasteiger partial charge in [-0.25, -0.2) is 13.4 Å². The lowest BCUT2D eigenvalue weighted by atomic mass is 10.2. The van der Waals surface area contributed by atoms with Gasteiger partial charge in [0.15, 0.2) is 9.84 Å². The zero-order chi connectivity index (χ0) is 14.9. The molecule has 1 unspecified atom stereocenters. The van der Waals surface area contributed by atoms with Crippen LogP contribution in [0.4, 0.5) is 5.69 Å². The lowest BCUT2D eigenvalue weighted by molar-refractivity contribution is -0.385. The first-order valence-corrected chi connectivity index (χ1v) is 7.80.